The van der Waals surface area contributed by atoms with Crippen LogP contribution in [0.4, 0.5) is 5.69 Å². The Hall–Kier alpha value is -0.690. The molecular formula is C13H20ClN. The van der Waals surface area contributed by atoms with Crippen molar-refractivity contribution in [3.8, 4) is 0 Å². The summed E-state index contributed by atoms with van der Waals surface area (Å²) in [5.74, 6) is 0.644. The topological polar surface area (TPSA) is 12.0 Å². The quantitative estimate of drug-likeness (QED) is 0.796. The van der Waals surface area contributed by atoms with E-state index in [9.17, 15) is 0 Å². The highest BCUT2D eigenvalue weighted by atomic mass is 35.5. The lowest BCUT2D eigenvalue weighted by Gasteiger charge is -2.23. The van der Waals surface area contributed by atoms with Crippen LogP contribution in [0.2, 0.25) is 5.02 Å². The predicted molar refractivity (Wildman–Crippen MR) is 68.7 cm³/mol. The van der Waals surface area contributed by atoms with Gasteiger partial charge in [-0.05, 0) is 43.0 Å². The standard InChI is InChI=1S/C13H20ClN/c1-5-12(9(2)3)15-13-7-6-11(14)8-10(13)4/h6-9,12,15H,5H2,1-4H3. The molecule has 0 bridgehead atoms. The van der Waals surface area contributed by atoms with Crippen molar-refractivity contribution in [1.29, 1.82) is 0 Å². The number of rotatable bonds is 4. The molecule has 0 aliphatic heterocycles. The summed E-state index contributed by atoms with van der Waals surface area (Å²) in [5.41, 5.74) is 2.40. The average Bonchev–Trinajstić information content (AvgIpc) is 2.16. The third kappa shape index (κ3) is 3.42. The Kier molecular flexibility index (Phi) is 4.46. The smallest absolute Gasteiger partial charge is 0.0410 e. The summed E-state index contributed by atoms with van der Waals surface area (Å²) < 4.78 is 0. The third-order valence-corrected chi connectivity index (χ3v) is 3.01. The molecule has 15 heavy (non-hydrogen) atoms. The van der Waals surface area contributed by atoms with Gasteiger partial charge in [0.25, 0.3) is 0 Å². The molecule has 2 heteroatoms. The van der Waals surface area contributed by atoms with Crippen LogP contribution in [0.25, 0.3) is 0 Å². The Bertz CT molecular complexity index is 320. The van der Waals surface area contributed by atoms with Gasteiger partial charge in [-0.25, -0.2) is 0 Å². The summed E-state index contributed by atoms with van der Waals surface area (Å²) in [5, 5.41) is 4.37. The van der Waals surface area contributed by atoms with Gasteiger partial charge in [-0.1, -0.05) is 32.4 Å². The number of aryl methyl sites for hydroxylation is 1. The van der Waals surface area contributed by atoms with Gasteiger partial charge in [0.05, 0.1) is 0 Å². The third-order valence-electron chi connectivity index (χ3n) is 2.77. The largest absolute Gasteiger partial charge is 0.382 e. The molecule has 0 fully saturated rings. The van der Waals surface area contributed by atoms with Crippen molar-refractivity contribution in [2.75, 3.05) is 5.32 Å². The Morgan fingerprint density at radius 1 is 1.33 bits per heavy atom. The molecule has 0 aliphatic carbocycles. The van der Waals surface area contributed by atoms with Gasteiger partial charge in [0.15, 0.2) is 0 Å². The molecule has 0 aromatic heterocycles. The van der Waals surface area contributed by atoms with Crippen LogP contribution in [0.15, 0.2) is 18.2 Å². The Labute approximate surface area is 97.8 Å². The summed E-state index contributed by atoms with van der Waals surface area (Å²) in [6.07, 6.45) is 1.14. The molecule has 1 aromatic carbocycles. The molecule has 0 saturated carbocycles. The van der Waals surface area contributed by atoms with Crippen molar-refractivity contribution in [2.45, 2.75) is 40.2 Å². The Morgan fingerprint density at radius 2 is 2.00 bits per heavy atom. The van der Waals surface area contributed by atoms with Crippen LogP contribution in [0, 0.1) is 12.8 Å². The van der Waals surface area contributed by atoms with E-state index in [-0.39, 0.29) is 0 Å². The van der Waals surface area contributed by atoms with E-state index in [0.29, 0.717) is 12.0 Å². The zero-order valence-electron chi connectivity index (χ0n) is 9.97. The van der Waals surface area contributed by atoms with Gasteiger partial charge in [-0.15, -0.1) is 0 Å². The second kappa shape index (κ2) is 5.41. The van der Waals surface area contributed by atoms with Crippen molar-refractivity contribution in [1.82, 2.24) is 0 Å². The Balaban J connectivity index is 2.79. The van der Waals surface area contributed by atoms with Gasteiger partial charge >= 0.3 is 0 Å². The minimum atomic E-state index is 0.532. The average molecular weight is 226 g/mol. The molecule has 0 saturated heterocycles. The van der Waals surface area contributed by atoms with E-state index in [2.05, 4.69) is 39.1 Å². The molecular weight excluding hydrogens is 206 g/mol. The molecule has 1 N–H and O–H groups in total. The number of hydrogen-bond donors (Lipinski definition) is 1. The van der Waals surface area contributed by atoms with Crippen LogP contribution < -0.4 is 5.32 Å². The first-order valence-corrected chi connectivity index (χ1v) is 5.95. The van der Waals surface area contributed by atoms with Crippen molar-refractivity contribution in [3.63, 3.8) is 0 Å². The summed E-state index contributed by atoms with van der Waals surface area (Å²) in [6, 6.07) is 6.52. The first-order valence-electron chi connectivity index (χ1n) is 5.57. The van der Waals surface area contributed by atoms with E-state index < -0.39 is 0 Å². The molecule has 0 spiro atoms. The predicted octanol–water partition coefficient (Wildman–Crippen LogP) is 4.49. The SMILES string of the molecule is CCC(Nc1ccc(Cl)cc1C)C(C)C. The van der Waals surface area contributed by atoms with Crippen LogP contribution in [0.3, 0.4) is 0 Å². The van der Waals surface area contributed by atoms with Gasteiger partial charge in [-0.2, -0.15) is 0 Å². The van der Waals surface area contributed by atoms with Gasteiger partial charge in [-0.3, -0.25) is 0 Å². The number of hydrogen-bond acceptors (Lipinski definition) is 1. The lowest BCUT2D eigenvalue weighted by molar-refractivity contribution is 0.511. The van der Waals surface area contributed by atoms with Crippen molar-refractivity contribution < 1.29 is 0 Å². The molecule has 0 heterocycles. The molecule has 1 unspecified atom stereocenters. The second-order valence-electron chi connectivity index (χ2n) is 4.36. The van der Waals surface area contributed by atoms with Gasteiger partial charge in [0.1, 0.15) is 0 Å². The summed E-state index contributed by atoms with van der Waals surface area (Å²) in [6.45, 7) is 8.78. The molecule has 0 radical (unpaired) electrons. The highest BCUT2D eigenvalue weighted by Crippen LogP contribution is 2.22. The van der Waals surface area contributed by atoms with Crippen molar-refractivity contribution in [3.05, 3.63) is 28.8 Å². The molecule has 84 valence electrons. The van der Waals surface area contributed by atoms with E-state index in [4.69, 9.17) is 11.6 Å². The fourth-order valence-electron chi connectivity index (χ4n) is 1.73. The maximum Gasteiger partial charge on any atom is 0.0410 e. The molecule has 0 amide bonds. The number of nitrogens with one attached hydrogen (secondary N) is 1. The second-order valence-corrected chi connectivity index (χ2v) is 4.80. The molecule has 1 atom stereocenters. The van der Waals surface area contributed by atoms with Gasteiger partial charge in [0.2, 0.25) is 0 Å². The summed E-state index contributed by atoms with van der Waals surface area (Å²) >= 11 is 5.92. The molecule has 1 aromatic rings. The number of anilines is 1. The minimum absolute atomic E-state index is 0.532. The fourth-order valence-corrected chi connectivity index (χ4v) is 1.96. The lowest BCUT2D eigenvalue weighted by atomic mass is 10.0. The number of halogens is 1. The van der Waals surface area contributed by atoms with Crippen molar-refractivity contribution >= 4 is 17.3 Å². The van der Waals surface area contributed by atoms with E-state index >= 15 is 0 Å². The first-order chi connectivity index (χ1) is 7.04. The van der Waals surface area contributed by atoms with Crippen LogP contribution in [0.1, 0.15) is 32.8 Å². The van der Waals surface area contributed by atoms with E-state index in [1.54, 1.807) is 0 Å². The monoisotopic (exact) mass is 225 g/mol. The zero-order valence-corrected chi connectivity index (χ0v) is 10.7. The summed E-state index contributed by atoms with van der Waals surface area (Å²) in [4.78, 5) is 0. The molecule has 1 rings (SSSR count). The van der Waals surface area contributed by atoms with E-state index in [0.717, 1.165) is 11.4 Å². The van der Waals surface area contributed by atoms with Gasteiger partial charge < -0.3 is 5.32 Å². The maximum atomic E-state index is 5.92. The van der Waals surface area contributed by atoms with Crippen molar-refractivity contribution in [2.24, 2.45) is 5.92 Å². The van der Waals surface area contributed by atoms with Crippen LogP contribution >= 0.6 is 11.6 Å². The summed E-state index contributed by atoms with van der Waals surface area (Å²) in [7, 11) is 0. The molecule has 0 aliphatic rings. The number of benzene rings is 1. The van der Waals surface area contributed by atoms with Gasteiger partial charge in [0, 0.05) is 16.8 Å². The van der Waals surface area contributed by atoms with E-state index in [1.807, 2.05) is 12.1 Å². The van der Waals surface area contributed by atoms with E-state index in [1.165, 1.54) is 11.3 Å². The van der Waals surface area contributed by atoms with Crippen LogP contribution in [-0.4, -0.2) is 6.04 Å². The maximum absolute atomic E-state index is 5.92. The minimum Gasteiger partial charge on any atom is -0.382 e. The normalized spacial score (nSPS) is 12.9. The first kappa shape index (κ1) is 12.4. The molecule has 1 nitrogen and oxygen atoms in total. The van der Waals surface area contributed by atoms with Crippen LogP contribution in [-0.2, 0) is 0 Å². The Morgan fingerprint density at radius 3 is 2.47 bits per heavy atom. The highest BCUT2D eigenvalue weighted by Gasteiger charge is 2.11. The zero-order chi connectivity index (χ0) is 11.4. The fraction of sp³-hybridized carbons (Fsp3) is 0.538. The van der Waals surface area contributed by atoms with Crippen LogP contribution in [0.5, 0.6) is 0 Å². The highest BCUT2D eigenvalue weighted by molar-refractivity contribution is 6.30. The lowest BCUT2D eigenvalue weighted by Crippen LogP contribution is -2.24.